The molecule has 22 heavy (non-hydrogen) atoms. The standard InChI is InChI=1S/C16H24O6/c17-11-12(10-9-18-15(20-10)5-1-2-6-15)19-14-13(11)21-16(22-14)7-3-4-8-16/h10-14,17H,1-9H2/t10?,11-,12+,13+,14+/m0/s1. The van der Waals surface area contributed by atoms with Crippen LogP contribution >= 0.6 is 0 Å². The molecule has 1 unspecified atom stereocenters. The van der Waals surface area contributed by atoms with Crippen LogP contribution in [0.2, 0.25) is 0 Å². The summed E-state index contributed by atoms with van der Waals surface area (Å²) in [6.07, 6.45) is 5.94. The van der Waals surface area contributed by atoms with Crippen molar-refractivity contribution in [3.05, 3.63) is 0 Å². The Morgan fingerprint density at radius 2 is 1.45 bits per heavy atom. The monoisotopic (exact) mass is 312 g/mol. The number of aliphatic hydroxyl groups excluding tert-OH is 1. The number of hydrogen-bond donors (Lipinski definition) is 1. The highest BCUT2D eigenvalue weighted by atomic mass is 16.8. The number of aliphatic hydroxyl groups is 1. The molecule has 0 bridgehead atoms. The quantitative estimate of drug-likeness (QED) is 0.790. The van der Waals surface area contributed by atoms with Crippen LogP contribution in [0.15, 0.2) is 0 Å². The first kappa shape index (κ1) is 14.1. The lowest BCUT2D eigenvalue weighted by Gasteiger charge is -2.28. The highest BCUT2D eigenvalue weighted by Gasteiger charge is 2.61. The van der Waals surface area contributed by atoms with E-state index >= 15 is 0 Å². The van der Waals surface area contributed by atoms with E-state index in [0.29, 0.717) is 6.61 Å². The van der Waals surface area contributed by atoms with Crippen LogP contribution in [0, 0.1) is 0 Å². The van der Waals surface area contributed by atoms with Crippen LogP contribution in [0.25, 0.3) is 0 Å². The zero-order valence-corrected chi connectivity index (χ0v) is 12.7. The van der Waals surface area contributed by atoms with Gasteiger partial charge in [-0.3, -0.25) is 0 Å². The van der Waals surface area contributed by atoms with Crippen molar-refractivity contribution in [1.29, 1.82) is 0 Å². The predicted molar refractivity (Wildman–Crippen MR) is 73.8 cm³/mol. The largest absolute Gasteiger partial charge is 0.387 e. The average molecular weight is 312 g/mol. The first-order valence-electron chi connectivity index (χ1n) is 8.70. The first-order chi connectivity index (χ1) is 10.7. The van der Waals surface area contributed by atoms with Gasteiger partial charge < -0.3 is 28.8 Å². The average Bonchev–Trinajstić information content (AvgIpc) is 3.29. The molecule has 1 N–H and O–H groups in total. The van der Waals surface area contributed by atoms with Crippen molar-refractivity contribution < 1.29 is 28.8 Å². The summed E-state index contributed by atoms with van der Waals surface area (Å²) in [5.74, 6) is -0.944. The zero-order valence-electron chi connectivity index (χ0n) is 12.7. The summed E-state index contributed by atoms with van der Waals surface area (Å²) in [6.45, 7) is 0.478. The Kier molecular flexibility index (Phi) is 3.13. The molecule has 5 rings (SSSR count). The van der Waals surface area contributed by atoms with Crippen LogP contribution in [0.3, 0.4) is 0 Å². The molecule has 0 radical (unpaired) electrons. The smallest absolute Gasteiger partial charge is 0.190 e. The van der Waals surface area contributed by atoms with Gasteiger partial charge in [-0.05, 0) is 25.7 Å². The van der Waals surface area contributed by atoms with Gasteiger partial charge in [-0.15, -0.1) is 0 Å². The first-order valence-corrected chi connectivity index (χ1v) is 8.70. The minimum Gasteiger partial charge on any atom is -0.387 e. The van der Waals surface area contributed by atoms with Gasteiger partial charge in [-0.2, -0.15) is 0 Å². The number of hydrogen-bond acceptors (Lipinski definition) is 6. The van der Waals surface area contributed by atoms with Gasteiger partial charge in [0, 0.05) is 25.7 Å². The van der Waals surface area contributed by atoms with Gasteiger partial charge in [0.15, 0.2) is 17.9 Å². The maximum Gasteiger partial charge on any atom is 0.190 e. The highest BCUT2D eigenvalue weighted by Crippen LogP contribution is 2.48. The van der Waals surface area contributed by atoms with Crippen molar-refractivity contribution in [3.8, 4) is 0 Å². The summed E-state index contributed by atoms with van der Waals surface area (Å²) in [7, 11) is 0. The summed E-state index contributed by atoms with van der Waals surface area (Å²) in [6, 6.07) is 0. The van der Waals surface area contributed by atoms with Crippen molar-refractivity contribution in [2.45, 2.75) is 93.6 Å². The van der Waals surface area contributed by atoms with E-state index in [2.05, 4.69) is 0 Å². The summed E-state index contributed by atoms with van der Waals surface area (Å²) in [4.78, 5) is 0. The lowest BCUT2D eigenvalue weighted by atomic mass is 10.1. The Morgan fingerprint density at radius 3 is 2.14 bits per heavy atom. The van der Waals surface area contributed by atoms with Gasteiger partial charge in [0.25, 0.3) is 0 Å². The molecule has 5 atom stereocenters. The lowest BCUT2D eigenvalue weighted by Crippen LogP contribution is -2.43. The lowest BCUT2D eigenvalue weighted by molar-refractivity contribution is -0.245. The fourth-order valence-electron chi connectivity index (χ4n) is 4.74. The van der Waals surface area contributed by atoms with Crippen LogP contribution in [-0.2, 0) is 23.7 Å². The van der Waals surface area contributed by atoms with E-state index in [-0.39, 0.29) is 6.10 Å². The Labute approximate surface area is 130 Å². The fraction of sp³-hybridized carbons (Fsp3) is 1.00. The van der Waals surface area contributed by atoms with E-state index in [1.54, 1.807) is 0 Å². The second-order valence-corrected chi connectivity index (χ2v) is 7.36. The maximum absolute atomic E-state index is 10.6. The van der Waals surface area contributed by atoms with Gasteiger partial charge in [-0.25, -0.2) is 0 Å². The molecule has 3 saturated heterocycles. The molecule has 3 aliphatic heterocycles. The van der Waals surface area contributed by atoms with Gasteiger partial charge >= 0.3 is 0 Å². The van der Waals surface area contributed by atoms with E-state index in [9.17, 15) is 5.11 Å². The predicted octanol–water partition coefficient (Wildman–Crippen LogP) is 1.44. The molecule has 5 fully saturated rings. The van der Waals surface area contributed by atoms with Crippen LogP contribution in [0.5, 0.6) is 0 Å². The number of ether oxygens (including phenoxy) is 5. The molecule has 0 amide bonds. The third-order valence-electron chi connectivity index (χ3n) is 5.89. The van der Waals surface area contributed by atoms with Crippen molar-refractivity contribution in [2.75, 3.05) is 6.61 Å². The van der Waals surface area contributed by atoms with Crippen molar-refractivity contribution in [1.82, 2.24) is 0 Å². The molecular weight excluding hydrogens is 288 g/mol. The number of rotatable bonds is 1. The topological polar surface area (TPSA) is 66.4 Å². The molecule has 0 aromatic heterocycles. The molecular formula is C16H24O6. The Balaban J connectivity index is 1.27. The van der Waals surface area contributed by atoms with E-state index < -0.39 is 36.2 Å². The van der Waals surface area contributed by atoms with Crippen molar-refractivity contribution in [3.63, 3.8) is 0 Å². The van der Waals surface area contributed by atoms with Crippen LogP contribution in [-0.4, -0.2) is 54.0 Å². The second kappa shape index (κ2) is 4.88. The molecule has 0 aromatic rings. The molecule has 2 spiro atoms. The Hall–Kier alpha value is -0.240. The van der Waals surface area contributed by atoms with Crippen LogP contribution in [0.4, 0.5) is 0 Å². The Bertz CT molecular complexity index is 442. The minimum absolute atomic E-state index is 0.231. The molecule has 2 aliphatic carbocycles. The SMILES string of the molecule is O[C@@H]1[C@H]2OC3(CCCC3)O[C@H]2O[C@@H]1C1COC2(CCCC2)O1. The molecule has 5 aliphatic rings. The highest BCUT2D eigenvalue weighted by molar-refractivity contribution is 5.00. The number of fused-ring (bicyclic) bond motifs is 1. The third kappa shape index (κ3) is 2.01. The maximum atomic E-state index is 10.6. The molecule has 2 saturated carbocycles. The minimum atomic E-state index is -0.713. The van der Waals surface area contributed by atoms with E-state index in [0.717, 1.165) is 51.4 Å². The van der Waals surface area contributed by atoms with Gasteiger partial charge in [-0.1, -0.05) is 0 Å². The van der Waals surface area contributed by atoms with Gasteiger partial charge in [0.2, 0.25) is 0 Å². The van der Waals surface area contributed by atoms with Crippen molar-refractivity contribution >= 4 is 0 Å². The summed E-state index contributed by atoms with van der Waals surface area (Å²) in [5.41, 5.74) is 0. The second-order valence-electron chi connectivity index (χ2n) is 7.36. The molecule has 6 nitrogen and oxygen atoms in total. The van der Waals surface area contributed by atoms with Crippen molar-refractivity contribution in [2.24, 2.45) is 0 Å². The van der Waals surface area contributed by atoms with E-state index in [1.165, 1.54) is 0 Å². The normalized spacial score (nSPS) is 48.7. The van der Waals surface area contributed by atoms with Gasteiger partial charge in [0.05, 0.1) is 6.61 Å². The molecule has 0 aromatic carbocycles. The summed E-state index contributed by atoms with van der Waals surface area (Å²) in [5, 5.41) is 10.6. The van der Waals surface area contributed by atoms with Crippen LogP contribution in [0.1, 0.15) is 51.4 Å². The molecule has 124 valence electrons. The zero-order chi connectivity index (χ0) is 14.8. The summed E-state index contributed by atoms with van der Waals surface area (Å²) >= 11 is 0. The van der Waals surface area contributed by atoms with E-state index in [1.807, 2.05) is 0 Å². The summed E-state index contributed by atoms with van der Waals surface area (Å²) < 4.78 is 30.1. The van der Waals surface area contributed by atoms with Crippen LogP contribution < -0.4 is 0 Å². The Morgan fingerprint density at radius 1 is 0.773 bits per heavy atom. The third-order valence-corrected chi connectivity index (χ3v) is 5.89. The van der Waals surface area contributed by atoms with Gasteiger partial charge in [0.1, 0.15) is 24.4 Å². The molecule has 3 heterocycles. The van der Waals surface area contributed by atoms with E-state index in [4.69, 9.17) is 23.7 Å². The fourth-order valence-corrected chi connectivity index (χ4v) is 4.74. The molecule has 6 heteroatoms.